The first-order valence-corrected chi connectivity index (χ1v) is 8.81. The molecule has 0 saturated carbocycles. The highest BCUT2D eigenvalue weighted by Gasteiger charge is 2.35. The van der Waals surface area contributed by atoms with Crippen molar-refractivity contribution >= 4 is 27.3 Å². The van der Waals surface area contributed by atoms with E-state index < -0.39 is 0 Å². The fourth-order valence-corrected chi connectivity index (χ4v) is 4.15. The third-order valence-electron chi connectivity index (χ3n) is 3.96. The van der Waals surface area contributed by atoms with Gasteiger partial charge in [0, 0.05) is 28.9 Å². The number of halogens is 1. The van der Waals surface area contributed by atoms with E-state index in [1.165, 1.54) is 9.35 Å². The van der Waals surface area contributed by atoms with Crippen LogP contribution in [-0.2, 0) is 11.2 Å². The van der Waals surface area contributed by atoms with Crippen molar-refractivity contribution in [3.63, 3.8) is 0 Å². The van der Waals surface area contributed by atoms with Crippen molar-refractivity contribution in [3.8, 4) is 0 Å². The third-order valence-corrected chi connectivity index (χ3v) is 5.91. The maximum Gasteiger partial charge on any atom is 0.0829 e. The number of methoxy groups -OCH3 is 1. The van der Waals surface area contributed by atoms with Crippen LogP contribution >= 0.6 is 27.3 Å². The first-order valence-electron chi connectivity index (χ1n) is 7.13. The number of hydrogen-bond acceptors (Lipinski definition) is 3. The van der Waals surface area contributed by atoms with Crippen LogP contribution in [0.3, 0.4) is 0 Å². The fraction of sp³-hybridized carbons (Fsp3) is 0.733. The van der Waals surface area contributed by atoms with Crippen LogP contribution in [0.5, 0.6) is 0 Å². The minimum atomic E-state index is -0.0708. The minimum absolute atomic E-state index is 0.0708. The van der Waals surface area contributed by atoms with Crippen molar-refractivity contribution in [3.05, 3.63) is 20.8 Å². The summed E-state index contributed by atoms with van der Waals surface area (Å²) in [6, 6.07) is 2.49. The molecule has 4 heteroatoms. The number of rotatable bonds is 9. The maximum atomic E-state index is 5.91. The van der Waals surface area contributed by atoms with Gasteiger partial charge in [-0.2, -0.15) is 0 Å². The lowest BCUT2D eigenvalue weighted by Gasteiger charge is -2.39. The van der Waals surface area contributed by atoms with Crippen LogP contribution in [0.1, 0.15) is 44.9 Å². The van der Waals surface area contributed by atoms with Gasteiger partial charge in [0.25, 0.3) is 0 Å². The van der Waals surface area contributed by atoms with E-state index in [0.29, 0.717) is 6.04 Å². The summed E-state index contributed by atoms with van der Waals surface area (Å²) in [5.74, 6) is 0. The first-order chi connectivity index (χ1) is 9.13. The molecule has 19 heavy (non-hydrogen) atoms. The molecule has 2 nitrogen and oxygen atoms in total. The van der Waals surface area contributed by atoms with Gasteiger partial charge in [-0.15, -0.1) is 11.3 Å². The Bertz CT molecular complexity index is 355. The molecule has 1 rings (SSSR count). The molecule has 0 aromatic carbocycles. The van der Waals surface area contributed by atoms with Crippen molar-refractivity contribution in [2.45, 2.75) is 58.1 Å². The standard InChI is InChI=1S/C15H26BrNOS/c1-5-9-17-14(15(6-2,7-3)18-4)11-13-12(16)8-10-19-13/h8,10,14,17H,5-7,9,11H2,1-4H3. The van der Waals surface area contributed by atoms with Gasteiger partial charge in [-0.1, -0.05) is 20.8 Å². The monoisotopic (exact) mass is 347 g/mol. The van der Waals surface area contributed by atoms with E-state index in [1.54, 1.807) is 0 Å². The zero-order chi connectivity index (χ0) is 14.3. The van der Waals surface area contributed by atoms with Crippen LogP contribution in [0.15, 0.2) is 15.9 Å². The minimum Gasteiger partial charge on any atom is -0.377 e. The molecular weight excluding hydrogens is 322 g/mol. The highest BCUT2D eigenvalue weighted by Crippen LogP contribution is 2.31. The topological polar surface area (TPSA) is 21.3 Å². The normalized spacial score (nSPS) is 13.7. The zero-order valence-corrected chi connectivity index (χ0v) is 14.9. The van der Waals surface area contributed by atoms with Gasteiger partial charge in [-0.05, 0) is 53.2 Å². The summed E-state index contributed by atoms with van der Waals surface area (Å²) >= 11 is 5.45. The Labute approximate surface area is 130 Å². The predicted octanol–water partition coefficient (Wildman–Crippen LogP) is 4.63. The van der Waals surface area contributed by atoms with Crippen molar-refractivity contribution < 1.29 is 4.74 Å². The second-order valence-corrected chi connectivity index (χ2v) is 6.73. The predicted molar refractivity (Wildman–Crippen MR) is 88.1 cm³/mol. The summed E-state index contributed by atoms with van der Waals surface area (Å²) in [5, 5.41) is 5.83. The molecule has 0 amide bonds. The molecule has 0 spiro atoms. The molecule has 0 radical (unpaired) electrons. The van der Waals surface area contributed by atoms with Crippen LogP contribution in [-0.4, -0.2) is 25.3 Å². The van der Waals surface area contributed by atoms with Crippen LogP contribution in [0.25, 0.3) is 0 Å². The summed E-state index contributed by atoms with van der Waals surface area (Å²) in [7, 11) is 1.84. The lowest BCUT2D eigenvalue weighted by atomic mass is 9.85. The summed E-state index contributed by atoms with van der Waals surface area (Å²) in [6.07, 6.45) is 4.23. The summed E-state index contributed by atoms with van der Waals surface area (Å²) in [6.45, 7) is 7.68. The molecule has 1 N–H and O–H groups in total. The van der Waals surface area contributed by atoms with E-state index in [4.69, 9.17) is 4.74 Å². The van der Waals surface area contributed by atoms with Gasteiger partial charge in [0.05, 0.1) is 5.60 Å². The van der Waals surface area contributed by atoms with Gasteiger partial charge >= 0.3 is 0 Å². The second-order valence-electron chi connectivity index (χ2n) is 4.88. The lowest BCUT2D eigenvalue weighted by Crippen LogP contribution is -2.52. The van der Waals surface area contributed by atoms with Gasteiger partial charge in [0.2, 0.25) is 0 Å². The second kappa shape index (κ2) is 8.40. The molecule has 0 saturated heterocycles. The Morgan fingerprint density at radius 2 is 2.05 bits per heavy atom. The van der Waals surface area contributed by atoms with Gasteiger partial charge in [-0.3, -0.25) is 0 Å². The van der Waals surface area contributed by atoms with Gasteiger partial charge in [0.15, 0.2) is 0 Å². The van der Waals surface area contributed by atoms with E-state index in [9.17, 15) is 0 Å². The van der Waals surface area contributed by atoms with Crippen molar-refractivity contribution in [2.75, 3.05) is 13.7 Å². The summed E-state index contributed by atoms with van der Waals surface area (Å²) in [4.78, 5) is 1.40. The summed E-state index contributed by atoms with van der Waals surface area (Å²) < 4.78 is 7.13. The molecule has 1 unspecified atom stereocenters. The third kappa shape index (κ3) is 4.28. The molecule has 0 bridgehead atoms. The van der Waals surface area contributed by atoms with Crippen LogP contribution in [0.2, 0.25) is 0 Å². The van der Waals surface area contributed by atoms with Crippen molar-refractivity contribution in [2.24, 2.45) is 0 Å². The molecule has 0 aliphatic carbocycles. The number of nitrogens with one attached hydrogen (secondary N) is 1. The van der Waals surface area contributed by atoms with Crippen molar-refractivity contribution in [1.82, 2.24) is 5.32 Å². The Morgan fingerprint density at radius 1 is 1.37 bits per heavy atom. The molecule has 1 aromatic rings. The number of thiophene rings is 1. The zero-order valence-electron chi connectivity index (χ0n) is 12.5. The number of ether oxygens (including phenoxy) is 1. The molecule has 110 valence electrons. The van der Waals surface area contributed by atoms with E-state index in [2.05, 4.69) is 53.5 Å². The Balaban J connectivity index is 2.89. The SMILES string of the molecule is CCCNC(Cc1sccc1Br)C(CC)(CC)OC. The Hall–Kier alpha value is 0.1000. The Kier molecular flexibility index (Phi) is 7.58. The van der Waals surface area contributed by atoms with E-state index in [0.717, 1.165) is 32.2 Å². The molecule has 1 aromatic heterocycles. The Morgan fingerprint density at radius 3 is 2.47 bits per heavy atom. The van der Waals surface area contributed by atoms with Crippen LogP contribution in [0.4, 0.5) is 0 Å². The fourth-order valence-electron chi connectivity index (χ4n) is 2.59. The molecule has 1 heterocycles. The molecule has 0 aliphatic heterocycles. The molecule has 1 atom stereocenters. The largest absolute Gasteiger partial charge is 0.377 e. The molecule has 0 fully saturated rings. The van der Waals surface area contributed by atoms with Gasteiger partial charge in [0.1, 0.15) is 0 Å². The average molecular weight is 348 g/mol. The van der Waals surface area contributed by atoms with E-state index in [-0.39, 0.29) is 5.60 Å². The number of hydrogen-bond donors (Lipinski definition) is 1. The average Bonchev–Trinajstić information content (AvgIpc) is 2.83. The van der Waals surface area contributed by atoms with Crippen molar-refractivity contribution in [1.29, 1.82) is 0 Å². The quantitative estimate of drug-likeness (QED) is 0.703. The van der Waals surface area contributed by atoms with Crippen LogP contribution in [0, 0.1) is 0 Å². The van der Waals surface area contributed by atoms with Gasteiger partial charge in [-0.25, -0.2) is 0 Å². The smallest absolute Gasteiger partial charge is 0.0829 e. The van der Waals surface area contributed by atoms with E-state index >= 15 is 0 Å². The van der Waals surface area contributed by atoms with Gasteiger partial charge < -0.3 is 10.1 Å². The summed E-state index contributed by atoms with van der Waals surface area (Å²) in [5.41, 5.74) is -0.0708. The maximum absolute atomic E-state index is 5.91. The molecular formula is C15H26BrNOS. The molecule has 0 aliphatic rings. The van der Waals surface area contributed by atoms with Crippen LogP contribution < -0.4 is 5.32 Å². The highest BCUT2D eigenvalue weighted by molar-refractivity contribution is 9.10. The first kappa shape index (κ1) is 17.2. The highest BCUT2D eigenvalue weighted by atomic mass is 79.9. The van der Waals surface area contributed by atoms with E-state index in [1.807, 2.05) is 18.4 Å². The lowest BCUT2D eigenvalue weighted by molar-refractivity contribution is -0.0470.